The molecule has 0 aliphatic heterocycles. The van der Waals surface area contributed by atoms with E-state index in [4.69, 9.17) is 9.92 Å². The molecular formula is C13H29NO2S2. The third kappa shape index (κ3) is 16.3. The summed E-state index contributed by atoms with van der Waals surface area (Å²) in [6, 6.07) is 0. The van der Waals surface area contributed by atoms with E-state index in [9.17, 15) is 4.21 Å². The first kappa shape index (κ1) is 18.3. The summed E-state index contributed by atoms with van der Waals surface area (Å²) in [5, 5.41) is 0. The molecule has 0 bridgehead atoms. The molecule has 1 atom stereocenters. The van der Waals surface area contributed by atoms with E-state index in [1.165, 1.54) is 57.6 Å². The maximum Gasteiger partial charge on any atom is 0.141 e. The molecule has 2 N–H and O–H groups in total. The molecule has 3 nitrogen and oxygen atoms in total. The van der Waals surface area contributed by atoms with Crippen molar-refractivity contribution in [3.63, 3.8) is 0 Å². The highest BCUT2D eigenvalue weighted by molar-refractivity contribution is 8.29. The van der Waals surface area contributed by atoms with Crippen molar-refractivity contribution in [1.82, 2.24) is 0 Å². The van der Waals surface area contributed by atoms with Crippen LogP contribution in [0.3, 0.4) is 0 Å². The lowest BCUT2D eigenvalue weighted by atomic mass is 10.1. The molecular weight excluding hydrogens is 266 g/mol. The minimum Gasteiger partial charge on any atom is -0.330 e. The summed E-state index contributed by atoms with van der Waals surface area (Å²) in [6.45, 7) is 1.37. The van der Waals surface area contributed by atoms with Gasteiger partial charge in [0.2, 0.25) is 0 Å². The Labute approximate surface area is 118 Å². The molecule has 0 amide bonds. The Morgan fingerprint density at radius 1 is 0.889 bits per heavy atom. The fraction of sp³-hybridized carbons (Fsp3) is 1.00. The summed E-state index contributed by atoms with van der Waals surface area (Å²) < 4.78 is 16.1. The van der Waals surface area contributed by atoms with Crippen molar-refractivity contribution in [3.8, 4) is 0 Å². The van der Waals surface area contributed by atoms with Gasteiger partial charge in [0.25, 0.3) is 0 Å². The standard InChI is InChI=1S/C13H29NO2S2/c1-18(15,17)16-13-11-9-7-5-3-2-4-6-8-10-12-14/h2-14H2,1H3. The molecule has 0 rings (SSSR count). The van der Waals surface area contributed by atoms with Gasteiger partial charge in [-0.2, -0.15) is 0 Å². The van der Waals surface area contributed by atoms with Gasteiger partial charge in [-0.25, -0.2) is 4.21 Å². The highest BCUT2D eigenvalue weighted by atomic mass is 32.8. The van der Waals surface area contributed by atoms with E-state index in [0.717, 1.165) is 19.4 Å². The van der Waals surface area contributed by atoms with Crippen molar-refractivity contribution in [2.75, 3.05) is 19.4 Å². The molecule has 18 heavy (non-hydrogen) atoms. The van der Waals surface area contributed by atoms with E-state index in [2.05, 4.69) is 11.2 Å². The van der Waals surface area contributed by atoms with Gasteiger partial charge in [-0.3, -0.25) is 4.18 Å². The zero-order valence-corrected chi connectivity index (χ0v) is 13.3. The van der Waals surface area contributed by atoms with Crippen molar-refractivity contribution in [3.05, 3.63) is 0 Å². The topological polar surface area (TPSA) is 52.3 Å². The molecule has 0 saturated carbocycles. The van der Waals surface area contributed by atoms with Crippen LogP contribution in [0.5, 0.6) is 0 Å². The predicted octanol–water partition coefficient (Wildman–Crippen LogP) is 3.15. The highest BCUT2D eigenvalue weighted by Gasteiger charge is 1.97. The number of hydrogen-bond acceptors (Lipinski definition) is 4. The molecule has 0 fully saturated rings. The summed E-state index contributed by atoms with van der Waals surface area (Å²) in [5.74, 6) is 0. The van der Waals surface area contributed by atoms with Gasteiger partial charge < -0.3 is 5.73 Å². The monoisotopic (exact) mass is 295 g/mol. The number of rotatable bonds is 13. The van der Waals surface area contributed by atoms with E-state index in [1.807, 2.05) is 0 Å². The van der Waals surface area contributed by atoms with Gasteiger partial charge >= 0.3 is 0 Å². The van der Waals surface area contributed by atoms with Crippen LogP contribution in [0.4, 0.5) is 0 Å². The second-order valence-corrected chi connectivity index (χ2v) is 8.31. The zero-order chi connectivity index (χ0) is 13.7. The minimum atomic E-state index is -2.41. The van der Waals surface area contributed by atoms with Crippen LogP contribution in [0.25, 0.3) is 0 Å². The van der Waals surface area contributed by atoms with E-state index in [-0.39, 0.29) is 0 Å². The average Bonchev–Trinajstić information content (AvgIpc) is 2.29. The van der Waals surface area contributed by atoms with Crippen LogP contribution in [-0.4, -0.2) is 23.6 Å². The van der Waals surface area contributed by atoms with E-state index >= 15 is 0 Å². The molecule has 0 aromatic carbocycles. The SMILES string of the molecule is CS(=O)(=S)OCCCCCCCCCCCCN. The summed E-state index contributed by atoms with van der Waals surface area (Å²) in [5.41, 5.74) is 5.44. The molecule has 1 unspecified atom stereocenters. The summed E-state index contributed by atoms with van der Waals surface area (Å²) >= 11 is 4.66. The van der Waals surface area contributed by atoms with Crippen molar-refractivity contribution < 1.29 is 8.39 Å². The van der Waals surface area contributed by atoms with Crippen LogP contribution in [0, 0.1) is 0 Å². The van der Waals surface area contributed by atoms with Gasteiger partial charge in [-0.1, -0.05) is 51.4 Å². The average molecular weight is 296 g/mol. The van der Waals surface area contributed by atoms with Gasteiger partial charge in [0.1, 0.15) is 8.77 Å². The van der Waals surface area contributed by atoms with Crippen molar-refractivity contribution in [2.24, 2.45) is 5.73 Å². The largest absolute Gasteiger partial charge is 0.330 e. The van der Waals surface area contributed by atoms with Gasteiger partial charge in [0.05, 0.1) is 6.61 Å². The number of unbranched alkanes of at least 4 members (excludes halogenated alkanes) is 9. The van der Waals surface area contributed by atoms with Crippen LogP contribution >= 0.6 is 0 Å². The second-order valence-electron chi connectivity index (χ2n) is 4.85. The van der Waals surface area contributed by atoms with Gasteiger partial charge in [-0.05, 0) is 19.4 Å². The summed E-state index contributed by atoms with van der Waals surface area (Å²) in [7, 11) is -2.41. The Kier molecular flexibility index (Phi) is 12.5. The third-order valence-corrected chi connectivity index (χ3v) is 3.78. The third-order valence-electron chi connectivity index (χ3n) is 2.90. The Hall–Kier alpha value is 0.290. The lowest BCUT2D eigenvalue weighted by molar-refractivity contribution is 0.333. The van der Waals surface area contributed by atoms with Crippen LogP contribution in [-0.2, 0) is 24.1 Å². The molecule has 0 aliphatic rings. The van der Waals surface area contributed by atoms with Crippen molar-refractivity contribution >= 4 is 20.0 Å². The molecule has 0 radical (unpaired) electrons. The highest BCUT2D eigenvalue weighted by Crippen LogP contribution is 2.10. The van der Waals surface area contributed by atoms with Crippen LogP contribution in [0.15, 0.2) is 0 Å². The van der Waals surface area contributed by atoms with Gasteiger partial charge in [0.15, 0.2) is 0 Å². The lowest BCUT2D eigenvalue weighted by Crippen LogP contribution is -2.02. The molecule has 0 saturated heterocycles. The van der Waals surface area contributed by atoms with E-state index in [0.29, 0.717) is 6.61 Å². The maximum absolute atomic E-state index is 11.1. The zero-order valence-electron chi connectivity index (χ0n) is 11.7. The van der Waals surface area contributed by atoms with Crippen molar-refractivity contribution in [1.29, 1.82) is 0 Å². The first-order chi connectivity index (χ1) is 8.56. The number of hydrogen-bond donors (Lipinski definition) is 1. The van der Waals surface area contributed by atoms with Gasteiger partial charge in [0, 0.05) is 17.4 Å². The van der Waals surface area contributed by atoms with Gasteiger partial charge in [-0.15, -0.1) is 0 Å². The maximum atomic E-state index is 11.1. The van der Waals surface area contributed by atoms with Crippen LogP contribution in [0.2, 0.25) is 0 Å². The summed E-state index contributed by atoms with van der Waals surface area (Å²) in [6.07, 6.45) is 13.9. The van der Waals surface area contributed by atoms with E-state index in [1.54, 1.807) is 0 Å². The molecule has 0 spiro atoms. The Balaban J connectivity index is 3.03. The quantitative estimate of drug-likeness (QED) is 0.530. The molecule has 0 heterocycles. The predicted molar refractivity (Wildman–Crippen MR) is 82.6 cm³/mol. The van der Waals surface area contributed by atoms with Crippen LogP contribution < -0.4 is 5.73 Å². The van der Waals surface area contributed by atoms with Crippen LogP contribution in [0.1, 0.15) is 64.2 Å². The molecule has 0 aromatic rings. The molecule has 0 aromatic heterocycles. The molecule has 0 aliphatic carbocycles. The Morgan fingerprint density at radius 3 is 1.67 bits per heavy atom. The lowest BCUT2D eigenvalue weighted by Gasteiger charge is -2.04. The van der Waals surface area contributed by atoms with Crippen molar-refractivity contribution in [2.45, 2.75) is 64.2 Å². The smallest absolute Gasteiger partial charge is 0.141 e. The molecule has 110 valence electrons. The normalized spacial score (nSPS) is 14.6. The second kappa shape index (κ2) is 12.3. The minimum absolute atomic E-state index is 0.540. The Morgan fingerprint density at radius 2 is 1.28 bits per heavy atom. The summed E-state index contributed by atoms with van der Waals surface area (Å²) in [4.78, 5) is 0. The molecule has 5 heteroatoms. The Bertz CT molecular complexity index is 266. The number of nitrogens with two attached hydrogens (primary N) is 1. The first-order valence-electron chi connectivity index (χ1n) is 7.11. The first-order valence-corrected chi connectivity index (χ1v) is 9.92. The van der Waals surface area contributed by atoms with E-state index < -0.39 is 8.77 Å². The fourth-order valence-corrected chi connectivity index (χ4v) is 2.50. The fourth-order valence-electron chi connectivity index (χ4n) is 1.87.